The summed E-state index contributed by atoms with van der Waals surface area (Å²) in [6, 6.07) is 3.79. The molecule has 2 N–H and O–H groups in total. The molecule has 1 aromatic carbocycles. The van der Waals surface area contributed by atoms with E-state index < -0.39 is 11.7 Å². The van der Waals surface area contributed by atoms with Gasteiger partial charge in [-0.25, -0.2) is 9.37 Å². The minimum absolute atomic E-state index is 0.00434. The topological polar surface area (TPSA) is 78.0 Å². The van der Waals surface area contributed by atoms with Crippen molar-refractivity contribution in [3.63, 3.8) is 0 Å². The number of aromatic nitrogens is 2. The number of amides is 1. The van der Waals surface area contributed by atoms with E-state index in [0.29, 0.717) is 3.57 Å². The van der Waals surface area contributed by atoms with Gasteiger partial charge in [-0.05, 0) is 40.8 Å². The summed E-state index contributed by atoms with van der Waals surface area (Å²) in [6.07, 6.45) is 2.75. The van der Waals surface area contributed by atoms with E-state index in [2.05, 4.69) is 4.98 Å². The molecule has 0 saturated carbocycles. The molecule has 0 saturated heterocycles. The van der Waals surface area contributed by atoms with E-state index in [1.54, 1.807) is 0 Å². The third kappa shape index (κ3) is 2.98. The molecule has 19 heavy (non-hydrogen) atoms. The first kappa shape index (κ1) is 13.7. The van der Waals surface area contributed by atoms with Crippen LogP contribution in [-0.2, 0) is 6.54 Å². The van der Waals surface area contributed by atoms with Crippen LogP contribution in [0.25, 0.3) is 0 Å². The van der Waals surface area contributed by atoms with Crippen molar-refractivity contribution in [2.75, 3.05) is 0 Å². The van der Waals surface area contributed by atoms with E-state index >= 15 is 0 Å². The Morgan fingerprint density at radius 2 is 2.21 bits per heavy atom. The summed E-state index contributed by atoms with van der Waals surface area (Å²) in [4.78, 5) is 26.7. The molecule has 0 aliphatic heterocycles. The Balaban J connectivity index is 2.43. The van der Waals surface area contributed by atoms with Crippen molar-refractivity contribution in [3.8, 4) is 0 Å². The van der Waals surface area contributed by atoms with Crippen molar-refractivity contribution in [1.82, 2.24) is 9.55 Å². The average Bonchev–Trinajstić information content (AvgIpc) is 2.37. The molecule has 0 radical (unpaired) electrons. The Bertz CT molecular complexity index is 700. The van der Waals surface area contributed by atoms with Crippen LogP contribution in [-0.4, -0.2) is 15.5 Å². The minimum Gasteiger partial charge on any atom is -0.366 e. The lowest BCUT2D eigenvalue weighted by molar-refractivity contribution is 0.1000. The number of nitrogens with zero attached hydrogens (tertiary/aromatic N) is 2. The van der Waals surface area contributed by atoms with Crippen LogP contribution in [0.15, 0.2) is 35.5 Å². The highest BCUT2D eigenvalue weighted by atomic mass is 127. The summed E-state index contributed by atoms with van der Waals surface area (Å²) in [5, 5.41) is 0. The molecule has 0 aliphatic carbocycles. The van der Waals surface area contributed by atoms with E-state index in [1.807, 2.05) is 22.6 Å². The smallest absolute Gasteiger partial charge is 0.267 e. The van der Waals surface area contributed by atoms with Crippen molar-refractivity contribution in [3.05, 3.63) is 61.6 Å². The van der Waals surface area contributed by atoms with Gasteiger partial charge in [0, 0.05) is 17.3 Å². The van der Waals surface area contributed by atoms with Gasteiger partial charge in [0.1, 0.15) is 5.82 Å². The van der Waals surface area contributed by atoms with E-state index in [-0.39, 0.29) is 23.2 Å². The lowest BCUT2D eigenvalue weighted by Gasteiger charge is -2.07. The number of halogens is 2. The third-order valence-corrected chi connectivity index (χ3v) is 3.27. The largest absolute Gasteiger partial charge is 0.366 e. The molecule has 0 unspecified atom stereocenters. The summed E-state index contributed by atoms with van der Waals surface area (Å²) >= 11 is 1.85. The lowest BCUT2D eigenvalue weighted by atomic mass is 10.1. The average molecular weight is 373 g/mol. The molecule has 0 bridgehead atoms. The van der Waals surface area contributed by atoms with Crippen LogP contribution in [0.4, 0.5) is 4.39 Å². The highest BCUT2D eigenvalue weighted by molar-refractivity contribution is 14.1. The van der Waals surface area contributed by atoms with Gasteiger partial charge in [-0.3, -0.25) is 14.2 Å². The Morgan fingerprint density at radius 3 is 2.89 bits per heavy atom. The maximum atomic E-state index is 13.7. The Morgan fingerprint density at radius 1 is 1.47 bits per heavy atom. The fourth-order valence-corrected chi connectivity index (χ4v) is 2.04. The first-order valence-corrected chi connectivity index (χ1v) is 6.35. The maximum Gasteiger partial charge on any atom is 0.267 e. The number of carbonyl (C=O) groups is 1. The zero-order chi connectivity index (χ0) is 14.0. The zero-order valence-electron chi connectivity index (χ0n) is 9.64. The SMILES string of the molecule is NC(=O)c1ccc(F)c(Cn2cncc(I)c2=O)c1. The van der Waals surface area contributed by atoms with Gasteiger partial charge < -0.3 is 5.73 Å². The molecule has 7 heteroatoms. The summed E-state index contributed by atoms with van der Waals surface area (Å²) in [6.45, 7) is -0.00434. The van der Waals surface area contributed by atoms with Gasteiger partial charge in [0.05, 0.1) is 16.4 Å². The molecule has 1 amide bonds. The van der Waals surface area contributed by atoms with Crippen molar-refractivity contribution in [2.24, 2.45) is 5.73 Å². The van der Waals surface area contributed by atoms with Crippen LogP contribution in [0.5, 0.6) is 0 Å². The predicted octanol–water partition coefficient (Wildman–Crippen LogP) is 1.13. The molecule has 0 aliphatic rings. The molecule has 5 nitrogen and oxygen atoms in total. The highest BCUT2D eigenvalue weighted by Gasteiger charge is 2.09. The van der Waals surface area contributed by atoms with Gasteiger partial charge in [-0.2, -0.15) is 0 Å². The summed E-state index contributed by atoms with van der Waals surface area (Å²) < 4.78 is 15.4. The molecule has 0 atom stereocenters. The molecule has 2 rings (SSSR count). The lowest BCUT2D eigenvalue weighted by Crippen LogP contribution is -2.23. The van der Waals surface area contributed by atoms with Gasteiger partial charge in [0.15, 0.2) is 0 Å². The Labute approximate surface area is 121 Å². The molecular weight excluding hydrogens is 364 g/mol. The number of hydrogen-bond donors (Lipinski definition) is 1. The molecule has 1 heterocycles. The second-order valence-corrected chi connectivity index (χ2v) is 5.01. The zero-order valence-corrected chi connectivity index (χ0v) is 11.8. The monoisotopic (exact) mass is 373 g/mol. The van der Waals surface area contributed by atoms with Gasteiger partial charge in [0.2, 0.25) is 5.91 Å². The number of nitrogens with two attached hydrogens (primary N) is 1. The number of primary amides is 1. The van der Waals surface area contributed by atoms with E-state index in [1.165, 1.54) is 29.2 Å². The van der Waals surface area contributed by atoms with Gasteiger partial charge >= 0.3 is 0 Å². The normalized spacial score (nSPS) is 10.4. The molecule has 98 valence electrons. The van der Waals surface area contributed by atoms with Crippen LogP contribution < -0.4 is 11.3 Å². The molecule has 1 aromatic heterocycles. The van der Waals surface area contributed by atoms with Crippen LogP contribution in [0, 0.1) is 9.39 Å². The van der Waals surface area contributed by atoms with Gasteiger partial charge in [-0.15, -0.1) is 0 Å². The fraction of sp³-hybridized carbons (Fsp3) is 0.0833. The maximum absolute atomic E-state index is 13.7. The first-order valence-electron chi connectivity index (χ1n) is 5.27. The van der Waals surface area contributed by atoms with Gasteiger partial charge in [0.25, 0.3) is 5.56 Å². The Hall–Kier alpha value is -1.77. The first-order chi connectivity index (χ1) is 8.99. The van der Waals surface area contributed by atoms with Crippen LogP contribution >= 0.6 is 22.6 Å². The summed E-state index contributed by atoms with van der Waals surface area (Å²) in [5.74, 6) is -1.15. The summed E-state index contributed by atoms with van der Waals surface area (Å²) in [7, 11) is 0. The Kier molecular flexibility index (Phi) is 3.93. The number of benzene rings is 1. The molecular formula is C12H9FIN3O2. The van der Waals surface area contributed by atoms with E-state index in [4.69, 9.17) is 5.73 Å². The van der Waals surface area contributed by atoms with Crippen molar-refractivity contribution >= 4 is 28.5 Å². The number of carbonyl (C=O) groups excluding carboxylic acids is 1. The fourth-order valence-electron chi connectivity index (χ4n) is 1.57. The second kappa shape index (κ2) is 5.47. The quantitative estimate of drug-likeness (QED) is 0.820. The molecule has 0 fully saturated rings. The summed E-state index contributed by atoms with van der Waals surface area (Å²) in [5.41, 5.74) is 5.28. The highest BCUT2D eigenvalue weighted by Crippen LogP contribution is 2.11. The van der Waals surface area contributed by atoms with Crippen molar-refractivity contribution in [2.45, 2.75) is 6.54 Å². The molecule has 0 spiro atoms. The standard InChI is InChI=1S/C12H9FIN3O2/c13-9-2-1-7(11(15)18)3-8(9)5-17-6-16-4-10(14)12(17)19/h1-4,6H,5H2,(H2,15,18). The molecule has 2 aromatic rings. The number of rotatable bonds is 3. The van der Waals surface area contributed by atoms with Crippen LogP contribution in [0.2, 0.25) is 0 Å². The van der Waals surface area contributed by atoms with Crippen molar-refractivity contribution in [1.29, 1.82) is 0 Å². The predicted molar refractivity (Wildman–Crippen MR) is 75.2 cm³/mol. The second-order valence-electron chi connectivity index (χ2n) is 3.85. The third-order valence-electron chi connectivity index (χ3n) is 2.53. The van der Waals surface area contributed by atoms with E-state index in [9.17, 15) is 14.0 Å². The van der Waals surface area contributed by atoms with Crippen LogP contribution in [0.3, 0.4) is 0 Å². The van der Waals surface area contributed by atoms with Crippen LogP contribution in [0.1, 0.15) is 15.9 Å². The number of hydrogen-bond acceptors (Lipinski definition) is 3. The van der Waals surface area contributed by atoms with E-state index in [0.717, 1.165) is 6.07 Å². The van der Waals surface area contributed by atoms with Gasteiger partial charge in [-0.1, -0.05) is 0 Å². The van der Waals surface area contributed by atoms with Crippen molar-refractivity contribution < 1.29 is 9.18 Å². The minimum atomic E-state index is -0.644.